The number of halogens is 3. The maximum absolute atomic E-state index is 12.5. The van der Waals surface area contributed by atoms with Gasteiger partial charge in [-0.1, -0.05) is 12.1 Å². The Balaban J connectivity index is 2.44. The van der Waals surface area contributed by atoms with Crippen molar-refractivity contribution in [1.29, 1.82) is 0 Å². The Morgan fingerprint density at radius 1 is 1.00 bits per heavy atom. The third-order valence-corrected chi connectivity index (χ3v) is 6.37. The summed E-state index contributed by atoms with van der Waals surface area (Å²) in [7, 11) is -3.71. The van der Waals surface area contributed by atoms with Crippen LogP contribution in [-0.4, -0.2) is 8.42 Å². The summed E-state index contributed by atoms with van der Waals surface area (Å²) in [6.07, 6.45) is 0. The van der Waals surface area contributed by atoms with E-state index in [1.807, 2.05) is 0 Å². The third-order valence-electron chi connectivity index (χ3n) is 2.72. The van der Waals surface area contributed by atoms with Crippen molar-refractivity contribution in [2.75, 3.05) is 4.72 Å². The average molecular weight is 499 g/mol. The van der Waals surface area contributed by atoms with Gasteiger partial charge in [-0.25, -0.2) is 8.42 Å². The number of benzene rings is 2. The van der Waals surface area contributed by atoms with Crippen molar-refractivity contribution < 1.29 is 8.42 Å². The van der Waals surface area contributed by atoms with Gasteiger partial charge in [0.1, 0.15) is 4.90 Å². The van der Waals surface area contributed by atoms with Gasteiger partial charge in [0.05, 0.1) is 5.69 Å². The van der Waals surface area contributed by atoms with Crippen LogP contribution in [-0.2, 0) is 16.6 Å². The Morgan fingerprint density at radius 2 is 1.62 bits per heavy atom. The molecule has 0 unspecified atom stereocenters. The van der Waals surface area contributed by atoms with E-state index in [0.717, 1.165) is 5.56 Å². The van der Waals surface area contributed by atoms with E-state index in [9.17, 15) is 8.42 Å². The number of nitrogens with two attached hydrogens (primary N) is 1. The van der Waals surface area contributed by atoms with E-state index in [-0.39, 0.29) is 4.90 Å². The molecular weight excluding hydrogens is 488 g/mol. The maximum atomic E-state index is 12.5. The first-order valence-electron chi connectivity index (χ1n) is 5.80. The zero-order chi connectivity index (χ0) is 15.6. The summed E-state index contributed by atoms with van der Waals surface area (Å²) in [5.41, 5.74) is 6.84. The molecule has 0 bridgehead atoms. The predicted octanol–water partition coefficient (Wildman–Crippen LogP) is 4.23. The minimum atomic E-state index is -3.71. The van der Waals surface area contributed by atoms with Crippen LogP contribution in [0.3, 0.4) is 0 Å². The minimum absolute atomic E-state index is 0.155. The second kappa shape index (κ2) is 6.78. The van der Waals surface area contributed by atoms with E-state index in [0.29, 0.717) is 25.7 Å². The monoisotopic (exact) mass is 496 g/mol. The lowest BCUT2D eigenvalue weighted by Gasteiger charge is -2.13. The molecule has 0 heterocycles. The number of nitrogens with one attached hydrogen (secondary N) is 1. The number of rotatable bonds is 4. The summed E-state index contributed by atoms with van der Waals surface area (Å²) in [4.78, 5) is 0.155. The third kappa shape index (κ3) is 3.87. The molecule has 0 spiro atoms. The summed E-state index contributed by atoms with van der Waals surface area (Å²) >= 11 is 9.93. The fourth-order valence-corrected chi connectivity index (χ4v) is 5.36. The molecule has 0 saturated carbocycles. The zero-order valence-corrected chi connectivity index (χ0v) is 16.2. The fourth-order valence-electron chi connectivity index (χ4n) is 1.67. The molecule has 0 amide bonds. The maximum Gasteiger partial charge on any atom is 0.263 e. The first-order chi connectivity index (χ1) is 9.85. The molecule has 0 saturated heterocycles. The molecular formula is C13H11Br3N2O2S. The van der Waals surface area contributed by atoms with E-state index in [2.05, 4.69) is 52.5 Å². The van der Waals surface area contributed by atoms with Crippen molar-refractivity contribution in [3.05, 3.63) is 55.4 Å². The van der Waals surface area contributed by atoms with Crippen LogP contribution in [0.25, 0.3) is 0 Å². The summed E-state index contributed by atoms with van der Waals surface area (Å²) in [5.74, 6) is 0. The molecule has 3 N–H and O–H groups in total. The summed E-state index contributed by atoms with van der Waals surface area (Å²) in [5, 5.41) is 0. The Morgan fingerprint density at radius 3 is 2.14 bits per heavy atom. The molecule has 8 heteroatoms. The Bertz CT molecular complexity index is 759. The standard InChI is InChI=1S/C13H11Br3N2O2S/c14-9-2-1-3-10(15)13(9)18-21(19,20)12-5-4-8(7-17)6-11(12)16/h1-6,18H,7,17H2. The topological polar surface area (TPSA) is 72.2 Å². The van der Waals surface area contributed by atoms with E-state index < -0.39 is 10.0 Å². The smallest absolute Gasteiger partial charge is 0.263 e. The highest BCUT2D eigenvalue weighted by Crippen LogP contribution is 2.33. The van der Waals surface area contributed by atoms with Crippen molar-refractivity contribution in [3.63, 3.8) is 0 Å². The molecule has 4 nitrogen and oxygen atoms in total. The highest BCUT2D eigenvalue weighted by molar-refractivity contribution is 9.11. The molecule has 0 aliphatic heterocycles. The van der Waals surface area contributed by atoms with Crippen molar-refractivity contribution >= 4 is 63.5 Å². The van der Waals surface area contributed by atoms with Gasteiger partial charge in [-0.2, -0.15) is 0 Å². The first-order valence-corrected chi connectivity index (χ1v) is 9.66. The SMILES string of the molecule is NCc1ccc(S(=O)(=O)Nc2c(Br)cccc2Br)c(Br)c1. The van der Waals surface area contributed by atoms with E-state index >= 15 is 0 Å². The van der Waals surface area contributed by atoms with Gasteiger partial charge < -0.3 is 5.73 Å². The van der Waals surface area contributed by atoms with E-state index in [4.69, 9.17) is 5.73 Å². The van der Waals surface area contributed by atoms with E-state index in [1.54, 1.807) is 30.3 Å². The quantitative estimate of drug-likeness (QED) is 0.662. The number of anilines is 1. The van der Waals surface area contributed by atoms with Crippen LogP contribution in [0.15, 0.2) is 54.7 Å². The Labute approximate surface area is 148 Å². The average Bonchev–Trinajstić information content (AvgIpc) is 2.42. The van der Waals surface area contributed by atoms with Crippen LogP contribution < -0.4 is 10.5 Å². The van der Waals surface area contributed by atoms with Gasteiger partial charge in [0, 0.05) is 20.0 Å². The van der Waals surface area contributed by atoms with Crippen LogP contribution in [0.4, 0.5) is 5.69 Å². The van der Waals surface area contributed by atoms with Gasteiger partial charge in [-0.15, -0.1) is 0 Å². The lowest BCUT2D eigenvalue weighted by atomic mass is 10.2. The van der Waals surface area contributed by atoms with Gasteiger partial charge in [0.2, 0.25) is 0 Å². The molecule has 2 aromatic carbocycles. The van der Waals surface area contributed by atoms with Gasteiger partial charge in [-0.3, -0.25) is 4.72 Å². The number of para-hydroxylation sites is 1. The van der Waals surface area contributed by atoms with Crippen molar-refractivity contribution in [1.82, 2.24) is 0 Å². The van der Waals surface area contributed by atoms with Gasteiger partial charge in [0.15, 0.2) is 0 Å². The van der Waals surface area contributed by atoms with Crippen LogP contribution in [0.1, 0.15) is 5.56 Å². The number of hydrogen-bond acceptors (Lipinski definition) is 3. The molecule has 0 aliphatic rings. The number of sulfonamides is 1. The summed E-state index contributed by atoms with van der Waals surface area (Å²) < 4.78 is 29.4. The van der Waals surface area contributed by atoms with Crippen LogP contribution in [0, 0.1) is 0 Å². The molecule has 0 atom stereocenters. The van der Waals surface area contributed by atoms with Crippen molar-refractivity contribution in [3.8, 4) is 0 Å². The molecule has 0 radical (unpaired) electrons. The molecule has 2 rings (SSSR count). The van der Waals surface area contributed by atoms with Gasteiger partial charge >= 0.3 is 0 Å². The summed E-state index contributed by atoms with van der Waals surface area (Å²) in [6.45, 7) is 0.349. The van der Waals surface area contributed by atoms with Gasteiger partial charge in [0.25, 0.3) is 10.0 Å². The Hall–Kier alpha value is -0.410. The Kier molecular flexibility index (Phi) is 5.48. The molecule has 21 heavy (non-hydrogen) atoms. The predicted molar refractivity (Wildman–Crippen MR) is 94.7 cm³/mol. The van der Waals surface area contributed by atoms with Crippen molar-refractivity contribution in [2.24, 2.45) is 5.73 Å². The fraction of sp³-hybridized carbons (Fsp3) is 0.0769. The molecule has 0 aliphatic carbocycles. The minimum Gasteiger partial charge on any atom is -0.326 e. The lowest BCUT2D eigenvalue weighted by molar-refractivity contribution is 0.600. The second-order valence-corrected chi connectivity index (χ2v) is 8.38. The second-order valence-electron chi connectivity index (χ2n) is 4.17. The highest BCUT2D eigenvalue weighted by Gasteiger charge is 2.20. The van der Waals surface area contributed by atoms with Gasteiger partial charge in [-0.05, 0) is 77.6 Å². The normalized spacial score (nSPS) is 11.4. The highest BCUT2D eigenvalue weighted by atomic mass is 79.9. The zero-order valence-electron chi connectivity index (χ0n) is 10.6. The van der Waals surface area contributed by atoms with E-state index in [1.165, 1.54) is 6.07 Å². The van der Waals surface area contributed by atoms with Crippen LogP contribution in [0.5, 0.6) is 0 Å². The van der Waals surface area contributed by atoms with Crippen LogP contribution in [0.2, 0.25) is 0 Å². The molecule has 0 fully saturated rings. The molecule has 112 valence electrons. The van der Waals surface area contributed by atoms with Crippen molar-refractivity contribution in [2.45, 2.75) is 11.4 Å². The summed E-state index contributed by atoms with van der Waals surface area (Å²) in [6, 6.07) is 10.2. The lowest BCUT2D eigenvalue weighted by Crippen LogP contribution is -2.14. The number of hydrogen-bond donors (Lipinski definition) is 2. The largest absolute Gasteiger partial charge is 0.326 e. The first kappa shape index (κ1) is 17.0. The van der Waals surface area contributed by atoms with Crippen LogP contribution >= 0.6 is 47.8 Å². The molecule has 2 aromatic rings. The molecule has 0 aromatic heterocycles.